The first-order valence-corrected chi connectivity index (χ1v) is 14.5. The fourth-order valence-electron chi connectivity index (χ4n) is 4.37. The number of ether oxygens (including phenoxy) is 2. The lowest BCUT2D eigenvalue weighted by Gasteiger charge is -2.23. The van der Waals surface area contributed by atoms with Crippen LogP contribution < -0.4 is 16.0 Å². The van der Waals surface area contributed by atoms with E-state index in [2.05, 4.69) is 39.8 Å². The second-order valence-corrected chi connectivity index (χ2v) is 11.2. The molecule has 2 unspecified atom stereocenters. The highest BCUT2D eigenvalue weighted by Gasteiger charge is 2.21. The van der Waals surface area contributed by atoms with Crippen molar-refractivity contribution in [3.63, 3.8) is 0 Å². The van der Waals surface area contributed by atoms with Gasteiger partial charge in [0, 0.05) is 35.8 Å². The van der Waals surface area contributed by atoms with Crippen LogP contribution in [0.5, 0.6) is 0 Å². The van der Waals surface area contributed by atoms with E-state index in [1.54, 1.807) is 0 Å². The van der Waals surface area contributed by atoms with E-state index in [1.165, 1.54) is 0 Å². The molecule has 0 aliphatic carbocycles. The average Bonchev–Trinajstić information content (AvgIpc) is 2.94. The number of carbonyl (C=O) groups is 1. The molecule has 1 aliphatic rings. The molecule has 8 nitrogen and oxygen atoms in total. The second-order valence-electron chi connectivity index (χ2n) is 10.3. The van der Waals surface area contributed by atoms with Crippen molar-refractivity contribution in [3.05, 3.63) is 81.5 Å². The maximum absolute atomic E-state index is 13.3. The number of anilines is 2. The molecule has 1 saturated heterocycles. The monoisotopic (exact) mass is 585 g/mol. The Morgan fingerprint density at radius 3 is 2.58 bits per heavy atom. The van der Waals surface area contributed by atoms with E-state index in [-0.39, 0.29) is 24.7 Å². The Hall–Kier alpha value is -2.91. The van der Waals surface area contributed by atoms with Crippen LogP contribution in [0, 0.1) is 5.92 Å². The summed E-state index contributed by atoms with van der Waals surface area (Å²) in [6.45, 7) is 6.04. The number of nitrogens with zero attached hydrogens (tertiary/aromatic N) is 2. The Morgan fingerprint density at radius 1 is 1.02 bits per heavy atom. The Balaban J connectivity index is 1.48. The van der Waals surface area contributed by atoms with E-state index in [1.807, 2.05) is 54.6 Å². The molecular formula is C30H37Cl2N5O3. The third-order valence-corrected chi connectivity index (χ3v) is 6.89. The van der Waals surface area contributed by atoms with Crippen molar-refractivity contribution in [1.82, 2.24) is 15.3 Å². The van der Waals surface area contributed by atoms with Crippen molar-refractivity contribution in [1.29, 1.82) is 0 Å². The number of hydrogen-bond acceptors (Lipinski definition) is 7. The van der Waals surface area contributed by atoms with Crippen LogP contribution in [0.15, 0.2) is 54.6 Å². The molecule has 3 N–H and O–H groups in total. The molecule has 0 spiro atoms. The van der Waals surface area contributed by atoms with Crippen molar-refractivity contribution in [3.8, 4) is 0 Å². The maximum atomic E-state index is 13.3. The Labute approximate surface area is 246 Å². The Bertz CT molecular complexity index is 1240. The number of benzene rings is 2. The van der Waals surface area contributed by atoms with Crippen molar-refractivity contribution >= 4 is 40.9 Å². The Kier molecular flexibility index (Phi) is 11.4. The molecule has 1 aromatic heterocycles. The standard InChI is InChI=1S/C30H37Cl2N5O3/c1-20(2)14-26(29(38)33-17-21-9-11-23(31)12-10-21)36-27-16-25(19-40-28-8-3-4-13-39-28)35-30(37-27)34-18-22-6-5-7-24(32)15-22/h5-7,9-12,15-16,20,26,28H,3-4,8,13-14,17-19H2,1-2H3,(H,33,38)(H2,34,35,36,37). The summed E-state index contributed by atoms with van der Waals surface area (Å²) in [5.74, 6) is 1.15. The molecule has 214 valence electrons. The zero-order chi connectivity index (χ0) is 28.3. The minimum Gasteiger partial charge on any atom is -0.358 e. The number of rotatable bonds is 13. The highest BCUT2D eigenvalue weighted by molar-refractivity contribution is 6.30. The molecule has 2 atom stereocenters. The highest BCUT2D eigenvalue weighted by atomic mass is 35.5. The second kappa shape index (κ2) is 15.2. The van der Waals surface area contributed by atoms with Gasteiger partial charge in [0.1, 0.15) is 11.9 Å². The first-order valence-electron chi connectivity index (χ1n) is 13.7. The molecule has 2 heterocycles. The van der Waals surface area contributed by atoms with E-state index < -0.39 is 6.04 Å². The van der Waals surface area contributed by atoms with E-state index in [4.69, 9.17) is 32.7 Å². The first kappa shape index (κ1) is 30.1. The molecule has 1 fully saturated rings. The van der Waals surface area contributed by atoms with Gasteiger partial charge in [0.05, 0.1) is 12.3 Å². The van der Waals surface area contributed by atoms with Gasteiger partial charge in [-0.25, -0.2) is 4.98 Å². The van der Waals surface area contributed by atoms with Crippen LogP contribution in [-0.4, -0.2) is 34.8 Å². The smallest absolute Gasteiger partial charge is 0.242 e. The fourth-order valence-corrected chi connectivity index (χ4v) is 4.71. The number of amides is 1. The topological polar surface area (TPSA) is 97.4 Å². The molecular weight excluding hydrogens is 549 g/mol. The summed E-state index contributed by atoms with van der Waals surface area (Å²) >= 11 is 12.1. The van der Waals surface area contributed by atoms with Gasteiger partial charge in [0.25, 0.3) is 0 Å². The summed E-state index contributed by atoms with van der Waals surface area (Å²) in [5.41, 5.74) is 2.66. The van der Waals surface area contributed by atoms with Gasteiger partial charge in [-0.2, -0.15) is 4.98 Å². The van der Waals surface area contributed by atoms with Gasteiger partial charge in [-0.3, -0.25) is 4.79 Å². The summed E-state index contributed by atoms with van der Waals surface area (Å²) in [6.07, 6.45) is 3.38. The molecule has 10 heteroatoms. The predicted molar refractivity (Wildman–Crippen MR) is 159 cm³/mol. The lowest BCUT2D eigenvalue weighted by molar-refractivity contribution is -0.169. The normalized spacial score (nSPS) is 16.0. The van der Waals surface area contributed by atoms with Gasteiger partial charge >= 0.3 is 0 Å². The molecule has 1 aliphatic heterocycles. The molecule has 1 amide bonds. The number of nitrogens with one attached hydrogen (secondary N) is 3. The Morgan fingerprint density at radius 2 is 1.85 bits per heavy atom. The summed E-state index contributed by atoms with van der Waals surface area (Å²) in [7, 11) is 0. The van der Waals surface area contributed by atoms with Crippen LogP contribution in [0.3, 0.4) is 0 Å². The molecule has 0 radical (unpaired) electrons. The zero-order valence-corrected chi connectivity index (χ0v) is 24.5. The van der Waals surface area contributed by atoms with E-state index in [9.17, 15) is 4.79 Å². The van der Waals surface area contributed by atoms with Gasteiger partial charge in [0.2, 0.25) is 11.9 Å². The molecule has 2 aromatic carbocycles. The number of aromatic nitrogens is 2. The molecule has 3 aromatic rings. The van der Waals surface area contributed by atoms with Gasteiger partial charge in [-0.05, 0) is 67.0 Å². The van der Waals surface area contributed by atoms with Crippen molar-refractivity contribution in [2.75, 3.05) is 17.2 Å². The van der Waals surface area contributed by atoms with E-state index in [0.29, 0.717) is 53.6 Å². The van der Waals surface area contributed by atoms with Crippen molar-refractivity contribution in [2.45, 2.75) is 71.6 Å². The summed E-state index contributed by atoms with van der Waals surface area (Å²) in [6, 6.07) is 16.4. The van der Waals surface area contributed by atoms with Crippen molar-refractivity contribution in [2.24, 2.45) is 5.92 Å². The minimum atomic E-state index is -0.488. The first-order chi connectivity index (χ1) is 19.3. The quantitative estimate of drug-likeness (QED) is 0.208. The molecule has 0 saturated carbocycles. The van der Waals surface area contributed by atoms with Crippen molar-refractivity contribution < 1.29 is 14.3 Å². The highest BCUT2D eigenvalue weighted by Crippen LogP contribution is 2.20. The maximum Gasteiger partial charge on any atom is 0.242 e. The summed E-state index contributed by atoms with van der Waals surface area (Å²) in [5, 5.41) is 11.0. The third kappa shape index (κ3) is 9.93. The van der Waals surface area contributed by atoms with Gasteiger partial charge < -0.3 is 25.4 Å². The summed E-state index contributed by atoms with van der Waals surface area (Å²) < 4.78 is 11.7. The number of carbonyl (C=O) groups excluding carboxylic acids is 1. The molecule has 4 rings (SSSR count). The van der Waals surface area contributed by atoms with E-state index >= 15 is 0 Å². The van der Waals surface area contributed by atoms with Crippen LogP contribution in [0.4, 0.5) is 11.8 Å². The van der Waals surface area contributed by atoms with Gasteiger partial charge in [-0.1, -0.05) is 61.3 Å². The van der Waals surface area contributed by atoms with Crippen LogP contribution in [-0.2, 0) is 34.0 Å². The van der Waals surface area contributed by atoms with E-state index in [0.717, 1.165) is 30.4 Å². The fraction of sp³-hybridized carbons (Fsp3) is 0.433. The van der Waals surface area contributed by atoms with Crippen LogP contribution in [0.1, 0.15) is 56.4 Å². The largest absolute Gasteiger partial charge is 0.358 e. The van der Waals surface area contributed by atoms with Gasteiger partial charge in [0.15, 0.2) is 6.29 Å². The molecule has 0 bridgehead atoms. The number of hydrogen-bond donors (Lipinski definition) is 3. The zero-order valence-electron chi connectivity index (χ0n) is 23.0. The molecule has 40 heavy (non-hydrogen) atoms. The number of halogens is 2. The average molecular weight is 587 g/mol. The van der Waals surface area contributed by atoms with Gasteiger partial charge in [-0.15, -0.1) is 0 Å². The summed E-state index contributed by atoms with van der Waals surface area (Å²) in [4.78, 5) is 22.6. The van der Waals surface area contributed by atoms with Crippen LogP contribution >= 0.6 is 23.2 Å². The predicted octanol–water partition coefficient (Wildman–Crippen LogP) is 6.58. The SMILES string of the molecule is CC(C)CC(Nc1cc(COC2CCCCO2)nc(NCc2cccc(Cl)c2)n1)C(=O)NCc1ccc(Cl)cc1. The lowest BCUT2D eigenvalue weighted by atomic mass is 10.0. The van der Waals surface area contributed by atoms with Crippen LogP contribution in [0.25, 0.3) is 0 Å². The minimum absolute atomic E-state index is 0.107. The third-order valence-electron chi connectivity index (χ3n) is 6.40. The van der Waals surface area contributed by atoms with Crippen LogP contribution in [0.2, 0.25) is 10.0 Å². The lowest BCUT2D eigenvalue weighted by Crippen LogP contribution is -2.40.